The highest BCUT2D eigenvalue weighted by molar-refractivity contribution is 7.89. The molecule has 154 valence electrons. The van der Waals surface area contributed by atoms with Crippen molar-refractivity contribution in [2.24, 2.45) is 0 Å². The van der Waals surface area contributed by atoms with Crippen molar-refractivity contribution in [1.29, 1.82) is 0 Å². The summed E-state index contributed by atoms with van der Waals surface area (Å²) in [5, 5.41) is 3.20. The molecular formula is C22H28N3O3S+. The Balaban J connectivity index is 1.31. The van der Waals surface area contributed by atoms with Crippen LogP contribution in [0.15, 0.2) is 59.5 Å². The van der Waals surface area contributed by atoms with Gasteiger partial charge >= 0.3 is 0 Å². The van der Waals surface area contributed by atoms with Crippen LogP contribution in [0.5, 0.6) is 0 Å². The van der Waals surface area contributed by atoms with E-state index in [2.05, 4.69) is 23.5 Å². The van der Waals surface area contributed by atoms with Crippen molar-refractivity contribution in [2.75, 3.05) is 32.7 Å². The van der Waals surface area contributed by atoms with Crippen LogP contribution in [0.2, 0.25) is 0 Å². The summed E-state index contributed by atoms with van der Waals surface area (Å²) in [5.41, 5.74) is 2.57. The van der Waals surface area contributed by atoms with Crippen LogP contribution in [-0.4, -0.2) is 51.4 Å². The molecule has 1 amide bonds. The highest BCUT2D eigenvalue weighted by Crippen LogP contribution is 2.29. The van der Waals surface area contributed by atoms with Crippen molar-refractivity contribution in [1.82, 2.24) is 9.62 Å². The summed E-state index contributed by atoms with van der Waals surface area (Å²) in [6.07, 6.45) is 3.14. The molecule has 1 aliphatic heterocycles. The summed E-state index contributed by atoms with van der Waals surface area (Å²) in [6.45, 7) is 2.54. The quantitative estimate of drug-likeness (QED) is 0.759. The van der Waals surface area contributed by atoms with E-state index in [4.69, 9.17) is 0 Å². The number of nitrogens with zero attached hydrogens (tertiary/aromatic N) is 1. The van der Waals surface area contributed by atoms with Gasteiger partial charge in [0.2, 0.25) is 10.0 Å². The third-order valence-corrected chi connectivity index (χ3v) is 7.84. The third kappa shape index (κ3) is 4.52. The first-order valence-electron chi connectivity index (χ1n) is 10.3. The van der Waals surface area contributed by atoms with Gasteiger partial charge in [0.15, 0.2) is 6.54 Å². The maximum Gasteiger partial charge on any atom is 0.275 e. The van der Waals surface area contributed by atoms with Crippen molar-refractivity contribution in [3.8, 4) is 0 Å². The maximum absolute atomic E-state index is 12.7. The summed E-state index contributed by atoms with van der Waals surface area (Å²) in [7, 11) is -3.45. The summed E-state index contributed by atoms with van der Waals surface area (Å²) in [5.74, 6) is 0.0427. The molecule has 0 radical (unpaired) electrons. The number of hydrogen-bond acceptors (Lipinski definition) is 3. The molecule has 0 aromatic heterocycles. The fourth-order valence-corrected chi connectivity index (χ4v) is 5.80. The van der Waals surface area contributed by atoms with Crippen molar-refractivity contribution in [3.63, 3.8) is 0 Å². The number of sulfonamides is 1. The van der Waals surface area contributed by atoms with E-state index in [1.165, 1.54) is 15.4 Å². The summed E-state index contributed by atoms with van der Waals surface area (Å²) >= 11 is 0. The van der Waals surface area contributed by atoms with Gasteiger partial charge < -0.3 is 10.2 Å². The first-order chi connectivity index (χ1) is 14.0. The first-order valence-corrected chi connectivity index (χ1v) is 11.7. The van der Waals surface area contributed by atoms with E-state index >= 15 is 0 Å². The molecule has 2 aromatic rings. The van der Waals surface area contributed by atoms with Gasteiger partial charge in [-0.05, 0) is 42.5 Å². The Kier molecular flexibility index (Phi) is 5.99. The molecule has 0 saturated carbocycles. The molecule has 0 unspecified atom stereocenters. The van der Waals surface area contributed by atoms with Gasteiger partial charge in [-0.3, -0.25) is 4.79 Å². The SMILES string of the molecule is O=C(C[NH+]1CCN(S(=O)(=O)c2ccccc2)CC1)N[C@H]1CCCc2ccccc21. The van der Waals surface area contributed by atoms with Crippen LogP contribution in [0.1, 0.15) is 30.0 Å². The monoisotopic (exact) mass is 414 g/mol. The number of rotatable bonds is 5. The van der Waals surface area contributed by atoms with Gasteiger partial charge in [0, 0.05) is 0 Å². The van der Waals surface area contributed by atoms with Crippen LogP contribution in [0, 0.1) is 0 Å². The molecule has 4 rings (SSSR count). The van der Waals surface area contributed by atoms with E-state index in [1.807, 2.05) is 12.1 Å². The number of aryl methyl sites for hydroxylation is 1. The van der Waals surface area contributed by atoms with Crippen LogP contribution in [0.25, 0.3) is 0 Å². The van der Waals surface area contributed by atoms with Crippen molar-refractivity contribution < 1.29 is 18.1 Å². The number of carbonyl (C=O) groups excluding carboxylic acids is 1. The molecule has 2 aromatic carbocycles. The average molecular weight is 415 g/mol. The Morgan fingerprint density at radius 3 is 2.48 bits per heavy atom. The number of fused-ring (bicyclic) bond motifs is 1. The summed E-state index contributed by atoms with van der Waals surface area (Å²) in [6, 6.07) is 17.0. The predicted molar refractivity (Wildman–Crippen MR) is 111 cm³/mol. The lowest BCUT2D eigenvalue weighted by atomic mass is 9.88. The highest BCUT2D eigenvalue weighted by Gasteiger charge is 2.31. The number of amides is 1. The van der Waals surface area contributed by atoms with Crippen LogP contribution in [-0.2, 0) is 21.2 Å². The molecule has 0 bridgehead atoms. The van der Waals surface area contributed by atoms with E-state index in [0.717, 1.165) is 24.2 Å². The smallest absolute Gasteiger partial charge is 0.275 e. The molecule has 0 spiro atoms. The first kappa shape index (κ1) is 20.1. The Morgan fingerprint density at radius 2 is 1.72 bits per heavy atom. The minimum Gasteiger partial charge on any atom is -0.344 e. The number of hydrogen-bond donors (Lipinski definition) is 2. The van der Waals surface area contributed by atoms with Crippen LogP contribution in [0.4, 0.5) is 0 Å². The number of nitrogens with one attached hydrogen (secondary N) is 2. The highest BCUT2D eigenvalue weighted by atomic mass is 32.2. The second-order valence-electron chi connectivity index (χ2n) is 7.86. The van der Waals surface area contributed by atoms with Gasteiger partial charge in [0.1, 0.15) is 0 Å². The minimum absolute atomic E-state index is 0.0427. The normalized spacial score (nSPS) is 20.8. The van der Waals surface area contributed by atoms with Crippen molar-refractivity contribution in [2.45, 2.75) is 30.2 Å². The molecule has 2 aliphatic rings. The molecular weight excluding hydrogens is 386 g/mol. The van der Waals surface area contributed by atoms with E-state index < -0.39 is 10.0 Å². The average Bonchev–Trinajstić information content (AvgIpc) is 2.75. The Bertz CT molecular complexity index is 954. The van der Waals surface area contributed by atoms with Crippen molar-refractivity contribution in [3.05, 3.63) is 65.7 Å². The van der Waals surface area contributed by atoms with E-state index in [0.29, 0.717) is 37.6 Å². The Morgan fingerprint density at radius 1 is 1.03 bits per heavy atom. The minimum atomic E-state index is -3.45. The third-order valence-electron chi connectivity index (χ3n) is 5.93. The predicted octanol–water partition coefficient (Wildman–Crippen LogP) is 0.770. The Hall–Kier alpha value is -2.22. The summed E-state index contributed by atoms with van der Waals surface area (Å²) in [4.78, 5) is 14.1. The maximum atomic E-state index is 12.7. The largest absolute Gasteiger partial charge is 0.344 e. The van der Waals surface area contributed by atoms with E-state index in [9.17, 15) is 13.2 Å². The fraction of sp³-hybridized carbons (Fsp3) is 0.409. The molecule has 7 heteroatoms. The molecule has 1 aliphatic carbocycles. The lowest BCUT2D eigenvalue weighted by molar-refractivity contribution is -0.895. The second kappa shape index (κ2) is 8.65. The molecule has 6 nitrogen and oxygen atoms in total. The summed E-state index contributed by atoms with van der Waals surface area (Å²) < 4.78 is 27.0. The van der Waals surface area contributed by atoms with Gasteiger partial charge in [-0.15, -0.1) is 0 Å². The lowest BCUT2D eigenvalue weighted by Gasteiger charge is -2.32. The number of benzene rings is 2. The molecule has 29 heavy (non-hydrogen) atoms. The topological polar surface area (TPSA) is 70.9 Å². The van der Waals surface area contributed by atoms with Gasteiger partial charge in [-0.1, -0.05) is 42.5 Å². The Labute approximate surface area is 172 Å². The van der Waals surface area contributed by atoms with Crippen LogP contribution in [0.3, 0.4) is 0 Å². The molecule has 1 heterocycles. The standard InChI is InChI=1S/C22H27N3O3S/c26-22(23-21-12-6-8-18-7-4-5-11-20(18)21)17-24-13-15-25(16-14-24)29(27,28)19-9-2-1-3-10-19/h1-5,7,9-11,21H,6,8,12-17H2,(H,23,26)/p+1/t21-/m0/s1. The number of piperazine rings is 1. The molecule has 1 atom stereocenters. The zero-order chi connectivity index (χ0) is 20.3. The zero-order valence-electron chi connectivity index (χ0n) is 16.5. The fourth-order valence-electron chi connectivity index (χ4n) is 4.34. The van der Waals surface area contributed by atoms with Gasteiger partial charge in [0.25, 0.3) is 5.91 Å². The number of quaternary nitrogens is 1. The van der Waals surface area contributed by atoms with Crippen molar-refractivity contribution >= 4 is 15.9 Å². The van der Waals surface area contributed by atoms with Gasteiger partial charge in [0.05, 0.1) is 37.1 Å². The van der Waals surface area contributed by atoms with Crippen LogP contribution < -0.4 is 10.2 Å². The lowest BCUT2D eigenvalue weighted by Crippen LogP contribution is -3.15. The van der Waals surface area contributed by atoms with Gasteiger partial charge in [-0.25, -0.2) is 8.42 Å². The molecule has 1 saturated heterocycles. The molecule has 2 N–H and O–H groups in total. The zero-order valence-corrected chi connectivity index (χ0v) is 17.3. The van der Waals surface area contributed by atoms with E-state index in [1.54, 1.807) is 24.3 Å². The van der Waals surface area contributed by atoms with E-state index in [-0.39, 0.29) is 11.9 Å². The molecule has 1 fully saturated rings. The number of carbonyl (C=O) groups is 1. The van der Waals surface area contributed by atoms with Crippen LogP contribution >= 0.6 is 0 Å². The second-order valence-corrected chi connectivity index (χ2v) is 9.79. The van der Waals surface area contributed by atoms with Gasteiger partial charge in [-0.2, -0.15) is 4.31 Å².